The van der Waals surface area contributed by atoms with E-state index in [2.05, 4.69) is 21.4 Å². The van der Waals surface area contributed by atoms with Crippen LogP contribution in [0.2, 0.25) is 0 Å². The molecule has 2 aromatic heterocycles. The minimum absolute atomic E-state index is 0.721. The van der Waals surface area contributed by atoms with Crippen LogP contribution in [0.4, 0.5) is 5.95 Å². The van der Waals surface area contributed by atoms with E-state index in [0.29, 0.717) is 0 Å². The number of thiophene rings is 1. The molecule has 0 radical (unpaired) electrons. The second-order valence-electron chi connectivity index (χ2n) is 4.39. The van der Waals surface area contributed by atoms with Crippen molar-refractivity contribution in [1.82, 2.24) is 9.97 Å². The number of hydrogen-bond acceptors (Lipinski definition) is 4. The second kappa shape index (κ2) is 4.45. The normalized spacial score (nSPS) is 13.7. The smallest absolute Gasteiger partial charge is 0.223 e. The van der Waals surface area contributed by atoms with E-state index in [1.165, 1.54) is 24.1 Å². The van der Waals surface area contributed by atoms with Gasteiger partial charge >= 0.3 is 0 Å². The standard InChI is InChI=1S/C13H15N3S/c1-9-5-6-14-13(16-9)15-8-11-7-10-3-2-4-12(10)17-11/h5-7H,2-4,8H2,1H3,(H,14,15,16). The number of aryl methyl sites for hydroxylation is 3. The summed E-state index contributed by atoms with van der Waals surface area (Å²) in [5.41, 5.74) is 2.55. The molecule has 1 N–H and O–H groups in total. The van der Waals surface area contributed by atoms with E-state index in [-0.39, 0.29) is 0 Å². The average Bonchev–Trinajstić information content (AvgIpc) is 2.86. The predicted octanol–water partition coefficient (Wildman–Crippen LogP) is 2.95. The van der Waals surface area contributed by atoms with Crippen LogP contribution in [0.25, 0.3) is 0 Å². The summed E-state index contributed by atoms with van der Waals surface area (Å²) in [6, 6.07) is 4.24. The van der Waals surface area contributed by atoms with Crippen molar-refractivity contribution in [1.29, 1.82) is 0 Å². The molecule has 0 amide bonds. The first-order chi connectivity index (χ1) is 8.31. The minimum atomic E-state index is 0.721. The third-order valence-corrected chi connectivity index (χ3v) is 4.25. The Kier molecular flexibility index (Phi) is 2.81. The Labute approximate surface area is 105 Å². The lowest BCUT2D eigenvalue weighted by atomic mass is 10.2. The molecule has 88 valence electrons. The molecule has 3 rings (SSSR count). The predicted molar refractivity (Wildman–Crippen MR) is 70.4 cm³/mol. The Morgan fingerprint density at radius 2 is 2.35 bits per heavy atom. The molecule has 2 aromatic rings. The molecule has 1 aliphatic rings. The lowest BCUT2D eigenvalue weighted by molar-refractivity contribution is 0.913. The summed E-state index contributed by atoms with van der Waals surface area (Å²) >= 11 is 1.93. The molecule has 1 aliphatic carbocycles. The molecule has 0 fully saturated rings. The van der Waals surface area contributed by atoms with Gasteiger partial charge in [0.05, 0.1) is 6.54 Å². The zero-order valence-corrected chi connectivity index (χ0v) is 10.7. The summed E-state index contributed by atoms with van der Waals surface area (Å²) in [5.74, 6) is 0.721. The number of rotatable bonds is 3. The molecule has 0 atom stereocenters. The van der Waals surface area contributed by atoms with E-state index in [4.69, 9.17) is 0 Å². The molecule has 0 unspecified atom stereocenters. The van der Waals surface area contributed by atoms with Crippen LogP contribution in [0, 0.1) is 6.92 Å². The average molecular weight is 245 g/mol. The topological polar surface area (TPSA) is 37.8 Å². The first-order valence-corrected chi connectivity index (χ1v) is 6.77. The first kappa shape index (κ1) is 10.7. The Morgan fingerprint density at radius 3 is 3.18 bits per heavy atom. The fourth-order valence-electron chi connectivity index (χ4n) is 2.18. The number of hydrogen-bond donors (Lipinski definition) is 1. The van der Waals surface area contributed by atoms with E-state index in [1.54, 1.807) is 16.6 Å². The van der Waals surface area contributed by atoms with Crippen molar-refractivity contribution in [3.05, 3.63) is 39.3 Å². The molecular formula is C13H15N3S. The van der Waals surface area contributed by atoms with Crippen molar-refractivity contribution in [2.24, 2.45) is 0 Å². The van der Waals surface area contributed by atoms with Crippen LogP contribution < -0.4 is 5.32 Å². The highest BCUT2D eigenvalue weighted by Crippen LogP contribution is 2.30. The van der Waals surface area contributed by atoms with Gasteiger partial charge in [-0.1, -0.05) is 0 Å². The second-order valence-corrected chi connectivity index (χ2v) is 5.61. The number of nitrogens with zero attached hydrogens (tertiary/aromatic N) is 2. The fraction of sp³-hybridized carbons (Fsp3) is 0.385. The molecular weight excluding hydrogens is 230 g/mol. The van der Waals surface area contributed by atoms with Crippen LogP contribution in [0.1, 0.15) is 27.4 Å². The van der Waals surface area contributed by atoms with Crippen molar-refractivity contribution >= 4 is 17.3 Å². The van der Waals surface area contributed by atoms with Gasteiger partial charge in [0, 0.05) is 21.6 Å². The third kappa shape index (κ3) is 2.31. The van der Waals surface area contributed by atoms with Crippen molar-refractivity contribution in [3.8, 4) is 0 Å². The van der Waals surface area contributed by atoms with E-state index in [0.717, 1.165) is 18.2 Å². The largest absolute Gasteiger partial charge is 0.349 e. The maximum Gasteiger partial charge on any atom is 0.223 e. The van der Waals surface area contributed by atoms with Gasteiger partial charge in [0.2, 0.25) is 5.95 Å². The van der Waals surface area contributed by atoms with Crippen LogP contribution in [-0.4, -0.2) is 9.97 Å². The quantitative estimate of drug-likeness (QED) is 0.903. The van der Waals surface area contributed by atoms with Crippen LogP contribution >= 0.6 is 11.3 Å². The molecule has 0 saturated carbocycles. The van der Waals surface area contributed by atoms with Gasteiger partial charge in [-0.3, -0.25) is 0 Å². The highest BCUT2D eigenvalue weighted by molar-refractivity contribution is 7.12. The van der Waals surface area contributed by atoms with Crippen LogP contribution in [0.3, 0.4) is 0 Å². The zero-order chi connectivity index (χ0) is 11.7. The first-order valence-electron chi connectivity index (χ1n) is 5.95. The summed E-state index contributed by atoms with van der Waals surface area (Å²) in [7, 11) is 0. The monoisotopic (exact) mass is 245 g/mol. The molecule has 0 aromatic carbocycles. The number of anilines is 1. The SMILES string of the molecule is Cc1ccnc(NCc2cc3c(s2)CCC3)n1. The van der Waals surface area contributed by atoms with Gasteiger partial charge < -0.3 is 5.32 Å². The van der Waals surface area contributed by atoms with E-state index in [1.807, 2.05) is 24.3 Å². The molecule has 0 saturated heterocycles. The van der Waals surface area contributed by atoms with Gasteiger partial charge in [0.15, 0.2) is 0 Å². The van der Waals surface area contributed by atoms with E-state index in [9.17, 15) is 0 Å². The van der Waals surface area contributed by atoms with Gasteiger partial charge in [0.25, 0.3) is 0 Å². The maximum atomic E-state index is 4.33. The van der Waals surface area contributed by atoms with Crippen molar-refractivity contribution in [2.75, 3.05) is 5.32 Å². The highest BCUT2D eigenvalue weighted by atomic mass is 32.1. The molecule has 0 spiro atoms. The summed E-state index contributed by atoms with van der Waals surface area (Å²) in [4.78, 5) is 11.5. The minimum Gasteiger partial charge on any atom is -0.349 e. The Balaban J connectivity index is 1.67. The number of fused-ring (bicyclic) bond motifs is 1. The summed E-state index contributed by atoms with van der Waals surface area (Å²) in [5, 5.41) is 3.28. The lowest BCUT2D eigenvalue weighted by Gasteiger charge is -2.03. The van der Waals surface area contributed by atoms with Gasteiger partial charge in [0.1, 0.15) is 0 Å². The summed E-state index contributed by atoms with van der Waals surface area (Å²) in [6.07, 6.45) is 5.64. The van der Waals surface area contributed by atoms with Crippen LogP contribution in [0.5, 0.6) is 0 Å². The molecule has 4 heteroatoms. The molecule has 0 bridgehead atoms. The van der Waals surface area contributed by atoms with Gasteiger partial charge in [-0.05, 0) is 43.9 Å². The Bertz CT molecular complexity index is 512. The summed E-state index contributed by atoms with van der Waals surface area (Å²) in [6.45, 7) is 2.81. The maximum absolute atomic E-state index is 4.33. The lowest BCUT2D eigenvalue weighted by Crippen LogP contribution is -2.02. The van der Waals surface area contributed by atoms with Gasteiger partial charge in [-0.2, -0.15) is 0 Å². The van der Waals surface area contributed by atoms with Crippen LogP contribution in [0.15, 0.2) is 18.3 Å². The zero-order valence-electron chi connectivity index (χ0n) is 9.86. The number of aromatic nitrogens is 2. The highest BCUT2D eigenvalue weighted by Gasteiger charge is 2.14. The van der Waals surface area contributed by atoms with Crippen molar-refractivity contribution in [3.63, 3.8) is 0 Å². The van der Waals surface area contributed by atoms with E-state index >= 15 is 0 Å². The Hall–Kier alpha value is -1.42. The number of nitrogens with one attached hydrogen (secondary N) is 1. The summed E-state index contributed by atoms with van der Waals surface area (Å²) < 4.78 is 0. The Morgan fingerprint density at radius 1 is 1.41 bits per heavy atom. The third-order valence-electron chi connectivity index (χ3n) is 3.01. The van der Waals surface area contributed by atoms with Gasteiger partial charge in [-0.25, -0.2) is 9.97 Å². The molecule has 0 aliphatic heterocycles. The molecule has 17 heavy (non-hydrogen) atoms. The molecule has 3 nitrogen and oxygen atoms in total. The fourth-order valence-corrected chi connectivity index (χ4v) is 3.38. The molecule has 2 heterocycles. The van der Waals surface area contributed by atoms with Crippen molar-refractivity contribution in [2.45, 2.75) is 32.7 Å². The van der Waals surface area contributed by atoms with Crippen molar-refractivity contribution < 1.29 is 0 Å². The van der Waals surface area contributed by atoms with Gasteiger partial charge in [-0.15, -0.1) is 11.3 Å². The van der Waals surface area contributed by atoms with Crippen LogP contribution in [-0.2, 0) is 19.4 Å². The van der Waals surface area contributed by atoms with E-state index < -0.39 is 0 Å².